The van der Waals surface area contributed by atoms with Crippen LogP contribution in [0.5, 0.6) is 0 Å². The van der Waals surface area contributed by atoms with Gasteiger partial charge in [-0.1, -0.05) is 17.7 Å². The van der Waals surface area contributed by atoms with Gasteiger partial charge in [-0.15, -0.1) is 0 Å². The van der Waals surface area contributed by atoms with Crippen LogP contribution in [0.3, 0.4) is 0 Å². The van der Waals surface area contributed by atoms with Gasteiger partial charge in [-0.2, -0.15) is 0 Å². The van der Waals surface area contributed by atoms with Crippen LogP contribution in [0.4, 0.5) is 5.69 Å². The van der Waals surface area contributed by atoms with Crippen molar-refractivity contribution in [1.82, 2.24) is 5.32 Å². The first-order valence-electron chi connectivity index (χ1n) is 10.2. The first kappa shape index (κ1) is 18.3. The third-order valence-corrected chi connectivity index (χ3v) is 6.94. The summed E-state index contributed by atoms with van der Waals surface area (Å²) in [6, 6.07) is 7.60. The molecule has 4 fully saturated rings. The van der Waals surface area contributed by atoms with Crippen LogP contribution >= 0.6 is 0 Å². The zero-order chi connectivity index (χ0) is 19.0. The second-order valence-corrected chi connectivity index (χ2v) is 9.12. The number of anilines is 1. The molecule has 4 aliphatic carbocycles. The number of hydrogen-bond acceptors (Lipinski definition) is 2. The molecule has 0 aliphatic heterocycles. The summed E-state index contributed by atoms with van der Waals surface area (Å²) >= 11 is 0. The third-order valence-electron chi connectivity index (χ3n) is 6.94. The van der Waals surface area contributed by atoms with Crippen molar-refractivity contribution in [3.8, 4) is 0 Å². The molecule has 4 aliphatic rings. The van der Waals surface area contributed by atoms with E-state index in [2.05, 4.69) is 17.6 Å². The van der Waals surface area contributed by atoms with Gasteiger partial charge in [0.1, 0.15) is 0 Å². The van der Waals surface area contributed by atoms with Crippen molar-refractivity contribution >= 4 is 17.5 Å². The molecule has 0 radical (unpaired) electrons. The molecule has 4 nitrogen and oxygen atoms in total. The first-order valence-corrected chi connectivity index (χ1v) is 10.2. The molecule has 1 aromatic carbocycles. The smallest absolute Gasteiger partial charge is 0.244 e. The van der Waals surface area contributed by atoms with E-state index in [-0.39, 0.29) is 17.2 Å². The van der Waals surface area contributed by atoms with Crippen LogP contribution in [-0.4, -0.2) is 11.8 Å². The summed E-state index contributed by atoms with van der Waals surface area (Å²) in [6.45, 7) is 4.13. The lowest BCUT2D eigenvalue weighted by Gasteiger charge is -2.57. The van der Waals surface area contributed by atoms with E-state index >= 15 is 0 Å². The number of carbonyl (C=O) groups is 2. The van der Waals surface area contributed by atoms with Crippen molar-refractivity contribution in [2.45, 2.75) is 58.9 Å². The van der Waals surface area contributed by atoms with Gasteiger partial charge in [0.05, 0.1) is 0 Å². The molecule has 4 bridgehead atoms. The Balaban J connectivity index is 1.38. The van der Waals surface area contributed by atoms with Gasteiger partial charge >= 0.3 is 0 Å². The van der Waals surface area contributed by atoms with Gasteiger partial charge in [0.25, 0.3) is 0 Å². The maximum absolute atomic E-state index is 12.5. The largest absolute Gasteiger partial charge is 0.348 e. The Morgan fingerprint density at radius 3 is 2.30 bits per heavy atom. The molecule has 0 saturated heterocycles. The second kappa shape index (κ2) is 7.14. The van der Waals surface area contributed by atoms with Gasteiger partial charge < -0.3 is 10.6 Å². The summed E-state index contributed by atoms with van der Waals surface area (Å²) in [5, 5.41) is 5.79. The molecule has 2 amide bonds. The lowest BCUT2D eigenvalue weighted by Crippen LogP contribution is -2.46. The quantitative estimate of drug-likeness (QED) is 0.758. The van der Waals surface area contributed by atoms with Gasteiger partial charge in [0.15, 0.2) is 0 Å². The Morgan fingerprint density at radius 1 is 1.07 bits per heavy atom. The average molecular weight is 367 g/mol. The number of benzene rings is 1. The fourth-order valence-electron chi connectivity index (χ4n) is 6.15. The minimum Gasteiger partial charge on any atom is -0.348 e. The van der Waals surface area contributed by atoms with E-state index in [4.69, 9.17) is 0 Å². The highest BCUT2D eigenvalue weighted by Gasteiger charge is 2.51. The van der Waals surface area contributed by atoms with Crippen LogP contribution in [0.2, 0.25) is 0 Å². The lowest BCUT2D eigenvalue weighted by molar-refractivity contribution is -0.117. The summed E-state index contributed by atoms with van der Waals surface area (Å²) in [7, 11) is 0. The highest BCUT2D eigenvalue weighted by molar-refractivity contribution is 5.89. The average Bonchev–Trinajstić information content (AvgIpc) is 2.58. The Labute approximate surface area is 161 Å². The number of rotatable bonds is 5. The first-order chi connectivity index (χ1) is 12.9. The van der Waals surface area contributed by atoms with Crippen LogP contribution < -0.4 is 10.6 Å². The highest BCUT2D eigenvalue weighted by atomic mass is 16.2. The van der Waals surface area contributed by atoms with Gasteiger partial charge in [0, 0.05) is 25.2 Å². The zero-order valence-corrected chi connectivity index (χ0v) is 16.4. The number of allylic oxidation sites excluding steroid dienone is 1. The maximum Gasteiger partial charge on any atom is 0.244 e. The molecule has 0 atom stereocenters. The Bertz CT molecular complexity index is 745. The standard InChI is InChI=1S/C23H30N2O2/c1-15(23-11-18-7-19(12-23)9-20(8-18)13-23)6-22(27)24-14-17-4-3-5-21(10-17)25-16(2)26/h3-6,10,18-20H,7-9,11-14H2,1-2H3,(H,24,27)(H,25,26). The fraction of sp³-hybridized carbons (Fsp3) is 0.565. The number of nitrogens with one attached hydrogen (secondary N) is 2. The van der Waals surface area contributed by atoms with E-state index in [1.807, 2.05) is 30.3 Å². The summed E-state index contributed by atoms with van der Waals surface area (Å²) in [4.78, 5) is 23.7. The van der Waals surface area contributed by atoms with E-state index in [1.54, 1.807) is 0 Å². The Hall–Kier alpha value is -2.10. The molecule has 0 heterocycles. The van der Waals surface area contributed by atoms with E-state index in [0.29, 0.717) is 6.54 Å². The van der Waals surface area contributed by atoms with Crippen LogP contribution in [0, 0.1) is 23.2 Å². The van der Waals surface area contributed by atoms with Crippen LogP contribution in [0.1, 0.15) is 57.9 Å². The molecule has 4 heteroatoms. The second-order valence-electron chi connectivity index (χ2n) is 9.12. The minimum atomic E-state index is -0.0923. The molecule has 0 spiro atoms. The van der Waals surface area contributed by atoms with E-state index in [1.165, 1.54) is 51.0 Å². The van der Waals surface area contributed by atoms with Gasteiger partial charge in [-0.3, -0.25) is 9.59 Å². The molecule has 2 N–H and O–H groups in total. The Kier molecular flexibility index (Phi) is 4.83. The van der Waals surface area contributed by atoms with E-state index in [9.17, 15) is 9.59 Å². The predicted molar refractivity (Wildman–Crippen MR) is 107 cm³/mol. The van der Waals surface area contributed by atoms with Crippen molar-refractivity contribution in [2.24, 2.45) is 23.2 Å². The van der Waals surface area contributed by atoms with Gasteiger partial charge in [-0.25, -0.2) is 0 Å². The van der Waals surface area contributed by atoms with Crippen molar-refractivity contribution in [2.75, 3.05) is 5.32 Å². The number of amides is 2. The molecule has 27 heavy (non-hydrogen) atoms. The normalized spacial score (nSPS) is 31.6. The molecule has 0 unspecified atom stereocenters. The molecule has 0 aromatic heterocycles. The van der Waals surface area contributed by atoms with Crippen molar-refractivity contribution in [3.63, 3.8) is 0 Å². The summed E-state index contributed by atoms with van der Waals surface area (Å²) in [6.07, 6.45) is 9.97. The van der Waals surface area contributed by atoms with Gasteiger partial charge in [0.2, 0.25) is 11.8 Å². The van der Waals surface area contributed by atoms with Crippen molar-refractivity contribution < 1.29 is 9.59 Å². The monoisotopic (exact) mass is 366 g/mol. The zero-order valence-electron chi connectivity index (χ0n) is 16.4. The van der Waals surface area contributed by atoms with E-state index < -0.39 is 0 Å². The SMILES string of the molecule is CC(=O)Nc1cccc(CNC(=O)C=C(C)C23CC4CC(CC(C4)C2)C3)c1. The fourth-order valence-corrected chi connectivity index (χ4v) is 6.15. The molecular formula is C23H30N2O2. The summed E-state index contributed by atoms with van der Waals surface area (Å²) in [5.74, 6) is 2.57. The van der Waals surface area contributed by atoms with Gasteiger partial charge in [-0.05, 0) is 86.3 Å². The van der Waals surface area contributed by atoms with Crippen LogP contribution in [0.25, 0.3) is 0 Å². The molecule has 1 aromatic rings. The number of hydrogen-bond donors (Lipinski definition) is 2. The molecule has 144 valence electrons. The molecule has 4 saturated carbocycles. The topological polar surface area (TPSA) is 58.2 Å². The van der Waals surface area contributed by atoms with Crippen molar-refractivity contribution in [1.29, 1.82) is 0 Å². The molecular weight excluding hydrogens is 336 g/mol. The summed E-state index contributed by atoms with van der Waals surface area (Å²) in [5.41, 5.74) is 3.31. The van der Waals surface area contributed by atoms with Crippen molar-refractivity contribution in [3.05, 3.63) is 41.5 Å². The van der Waals surface area contributed by atoms with Crippen LogP contribution in [0.15, 0.2) is 35.9 Å². The maximum atomic E-state index is 12.5. The van der Waals surface area contributed by atoms with E-state index in [0.717, 1.165) is 29.0 Å². The predicted octanol–water partition coefficient (Wildman–Crippen LogP) is 4.42. The Morgan fingerprint density at radius 2 is 1.70 bits per heavy atom. The minimum absolute atomic E-state index is 0.00632. The third kappa shape index (κ3) is 3.95. The van der Waals surface area contributed by atoms with Crippen LogP contribution in [-0.2, 0) is 16.1 Å². The number of carbonyl (C=O) groups excluding carboxylic acids is 2. The summed E-state index contributed by atoms with van der Waals surface area (Å²) < 4.78 is 0. The highest BCUT2D eigenvalue weighted by Crippen LogP contribution is 2.62. The molecule has 5 rings (SSSR count). The lowest BCUT2D eigenvalue weighted by atomic mass is 9.48.